The van der Waals surface area contributed by atoms with Crippen molar-refractivity contribution in [2.45, 2.75) is 0 Å². The van der Waals surface area contributed by atoms with E-state index in [1.807, 2.05) is 24.3 Å². The topological polar surface area (TPSA) is 101 Å². The number of fused-ring (bicyclic) bond motifs is 1. The van der Waals surface area contributed by atoms with Gasteiger partial charge in [0.15, 0.2) is 0 Å². The summed E-state index contributed by atoms with van der Waals surface area (Å²) in [6, 6.07) is 13.6. The number of carbonyl (C=O) groups is 1. The Morgan fingerprint density at radius 1 is 1.15 bits per heavy atom. The van der Waals surface area contributed by atoms with Gasteiger partial charge in [0.2, 0.25) is 0 Å². The van der Waals surface area contributed by atoms with Crippen molar-refractivity contribution in [2.24, 2.45) is 0 Å². The Kier molecular flexibility index (Phi) is 4.17. The van der Waals surface area contributed by atoms with Crippen LogP contribution in [-0.4, -0.2) is 11.1 Å². The van der Waals surface area contributed by atoms with Gasteiger partial charge in [0.25, 0.3) is 0 Å². The number of nitrogen functional groups attached to an aromatic ring is 1. The molecule has 0 unspecified atom stereocenters. The van der Waals surface area contributed by atoms with Crippen LogP contribution >= 0.6 is 11.3 Å². The number of nitrogens with one attached hydrogen (secondary N) is 1. The zero-order valence-electron chi connectivity index (χ0n) is 10.4. The third kappa shape index (κ3) is 3.24. The molecule has 0 radical (unpaired) electrons. The Labute approximate surface area is 118 Å². The number of benzene rings is 2. The van der Waals surface area contributed by atoms with E-state index < -0.39 is 11.7 Å². The van der Waals surface area contributed by atoms with Crippen LogP contribution in [0.15, 0.2) is 48.5 Å². The van der Waals surface area contributed by atoms with Crippen molar-refractivity contribution in [3.63, 3.8) is 0 Å². The van der Waals surface area contributed by atoms with Crippen LogP contribution in [0.3, 0.4) is 0 Å². The minimum absolute atomic E-state index is 0.178. The van der Waals surface area contributed by atoms with Crippen molar-refractivity contribution in [1.82, 2.24) is 0 Å². The van der Waals surface area contributed by atoms with Crippen LogP contribution in [0.4, 0.5) is 5.13 Å². The van der Waals surface area contributed by atoms with Gasteiger partial charge in [0.05, 0.1) is 10.3 Å². The third-order valence-electron chi connectivity index (χ3n) is 2.48. The largest absolute Gasteiger partial charge is 0.872 e. The molecule has 2 aromatic carbocycles. The van der Waals surface area contributed by atoms with Crippen molar-refractivity contribution >= 4 is 32.7 Å². The Hall–Kier alpha value is -2.60. The summed E-state index contributed by atoms with van der Waals surface area (Å²) in [5, 5.41) is 19.8. The van der Waals surface area contributed by atoms with E-state index >= 15 is 0 Å². The summed E-state index contributed by atoms with van der Waals surface area (Å²) >= 11 is 1.57. The molecule has 0 amide bonds. The lowest BCUT2D eigenvalue weighted by Gasteiger charge is -2.07. The lowest BCUT2D eigenvalue weighted by atomic mass is 10.2. The molecule has 0 aliphatic heterocycles. The molecule has 1 heterocycles. The Bertz CT molecular complexity index is 707. The number of aromatic carboxylic acids is 1. The highest BCUT2D eigenvalue weighted by Gasteiger charge is 2.01. The molecule has 0 spiro atoms. The van der Waals surface area contributed by atoms with Crippen molar-refractivity contribution in [3.05, 3.63) is 54.1 Å². The maximum absolute atomic E-state index is 10.7. The molecule has 0 bridgehead atoms. The molecular weight excluding hydrogens is 276 g/mol. The first-order valence-corrected chi connectivity index (χ1v) is 6.55. The zero-order chi connectivity index (χ0) is 14.5. The van der Waals surface area contributed by atoms with Gasteiger partial charge in [0, 0.05) is 0 Å². The molecule has 20 heavy (non-hydrogen) atoms. The monoisotopic (exact) mass is 288 g/mol. The van der Waals surface area contributed by atoms with Crippen LogP contribution in [0, 0.1) is 0 Å². The molecule has 1 aromatic heterocycles. The van der Waals surface area contributed by atoms with Gasteiger partial charge in [-0.15, -0.1) is 0 Å². The highest BCUT2D eigenvalue weighted by atomic mass is 32.1. The second-order valence-corrected chi connectivity index (χ2v) is 4.97. The van der Waals surface area contributed by atoms with Gasteiger partial charge < -0.3 is 10.2 Å². The van der Waals surface area contributed by atoms with Gasteiger partial charge in [-0.2, -0.15) is 0 Å². The molecule has 3 rings (SSSR count). The number of para-hydroxylation sites is 2. The number of hydrogen-bond acceptors (Lipinski definition) is 4. The lowest BCUT2D eigenvalue weighted by molar-refractivity contribution is -0.320. The van der Waals surface area contributed by atoms with E-state index in [-0.39, 0.29) is 5.56 Å². The van der Waals surface area contributed by atoms with E-state index in [2.05, 4.69) is 4.98 Å². The predicted molar refractivity (Wildman–Crippen MR) is 75.6 cm³/mol. The van der Waals surface area contributed by atoms with Crippen molar-refractivity contribution < 1.29 is 20.0 Å². The summed E-state index contributed by atoms with van der Waals surface area (Å²) in [7, 11) is 0. The molecule has 0 saturated carbocycles. The van der Waals surface area contributed by atoms with E-state index in [4.69, 9.17) is 10.8 Å². The molecule has 0 fully saturated rings. The normalized spacial score (nSPS) is 9.80. The lowest BCUT2D eigenvalue weighted by Crippen LogP contribution is -2.03. The predicted octanol–water partition coefficient (Wildman–Crippen LogP) is 1.76. The minimum atomic E-state index is -1.18. The molecule has 0 aliphatic carbocycles. The smallest absolute Gasteiger partial charge is 0.335 e. The van der Waals surface area contributed by atoms with Gasteiger partial charge in [-0.05, 0) is 29.5 Å². The van der Waals surface area contributed by atoms with E-state index in [0.717, 1.165) is 10.6 Å². The number of H-pyrrole nitrogens is 1. The van der Waals surface area contributed by atoms with Crippen LogP contribution in [0.25, 0.3) is 10.2 Å². The van der Waals surface area contributed by atoms with Crippen LogP contribution in [0.1, 0.15) is 10.4 Å². The number of anilines is 1. The number of hydrogen-bond donors (Lipinski definition) is 2. The molecule has 102 valence electrons. The average molecular weight is 288 g/mol. The fourth-order valence-corrected chi connectivity index (χ4v) is 2.35. The average Bonchev–Trinajstić information content (AvgIpc) is 2.79. The van der Waals surface area contributed by atoms with Gasteiger partial charge in [0.1, 0.15) is 5.52 Å². The molecule has 3 aromatic rings. The van der Waals surface area contributed by atoms with Crippen molar-refractivity contribution in [1.29, 1.82) is 0 Å². The van der Waals surface area contributed by atoms with E-state index in [0.29, 0.717) is 0 Å². The number of carboxylic acid groups (broad SMARTS) is 1. The van der Waals surface area contributed by atoms with Crippen LogP contribution < -0.4 is 15.8 Å². The maximum Gasteiger partial charge on any atom is 0.335 e. The highest BCUT2D eigenvalue weighted by Crippen LogP contribution is 2.18. The Balaban J connectivity index is 0.000000147. The molecule has 5 nitrogen and oxygen atoms in total. The quantitative estimate of drug-likeness (QED) is 0.712. The number of aromatic nitrogens is 1. The van der Waals surface area contributed by atoms with E-state index in [1.54, 1.807) is 11.3 Å². The number of rotatable bonds is 1. The summed E-state index contributed by atoms with van der Waals surface area (Å²) in [5.74, 6) is -1.62. The molecular formula is C14H12N2O3S. The van der Waals surface area contributed by atoms with Gasteiger partial charge in [-0.25, -0.2) is 9.78 Å². The van der Waals surface area contributed by atoms with Crippen molar-refractivity contribution in [3.8, 4) is 5.75 Å². The van der Waals surface area contributed by atoms with Crippen molar-refractivity contribution in [2.75, 3.05) is 5.73 Å². The first kappa shape index (κ1) is 13.8. The Morgan fingerprint density at radius 3 is 2.40 bits per heavy atom. The summed E-state index contributed by atoms with van der Waals surface area (Å²) in [6.07, 6.45) is 0. The number of carboxylic acids is 1. The fourth-order valence-electron chi connectivity index (χ4n) is 1.58. The van der Waals surface area contributed by atoms with E-state index in [9.17, 15) is 9.90 Å². The third-order valence-corrected chi connectivity index (χ3v) is 3.38. The molecule has 4 N–H and O–H groups in total. The molecule has 0 atom stereocenters. The highest BCUT2D eigenvalue weighted by molar-refractivity contribution is 7.21. The maximum atomic E-state index is 10.7. The Morgan fingerprint density at radius 2 is 1.80 bits per heavy atom. The zero-order valence-corrected chi connectivity index (χ0v) is 11.2. The van der Waals surface area contributed by atoms with E-state index in [1.165, 1.54) is 29.0 Å². The molecule has 0 aliphatic rings. The minimum Gasteiger partial charge on any atom is -0.872 e. The standard InChI is InChI=1S/C7H6N2S.C7H6O3/c8-7-9-5-3-1-2-4-6(5)10-7;8-6-4-2-1-3-5(6)7(9)10/h1-4H,(H2,8,9);1-4,8H,(H,9,10). The second-order valence-electron chi connectivity index (χ2n) is 3.89. The molecule has 6 heteroatoms. The second kappa shape index (κ2) is 6.03. The van der Waals surface area contributed by atoms with Gasteiger partial charge in [-0.3, -0.25) is 5.73 Å². The first-order valence-electron chi connectivity index (χ1n) is 5.73. The van der Waals surface area contributed by atoms with Crippen LogP contribution in [0.5, 0.6) is 5.75 Å². The first-order chi connectivity index (χ1) is 9.58. The van der Waals surface area contributed by atoms with Crippen LogP contribution in [0.2, 0.25) is 0 Å². The number of thiazole rings is 1. The number of aromatic amines is 1. The molecule has 0 saturated heterocycles. The summed E-state index contributed by atoms with van der Waals surface area (Å²) in [5.41, 5.74) is 6.49. The summed E-state index contributed by atoms with van der Waals surface area (Å²) < 4.78 is 1.21. The van der Waals surface area contributed by atoms with Gasteiger partial charge >= 0.3 is 11.1 Å². The fraction of sp³-hybridized carbons (Fsp3) is 0. The summed E-state index contributed by atoms with van der Waals surface area (Å²) in [6.45, 7) is 0. The number of nitrogens with two attached hydrogens (primary N) is 1. The van der Waals surface area contributed by atoms with Gasteiger partial charge in [-0.1, -0.05) is 36.1 Å². The summed E-state index contributed by atoms with van der Waals surface area (Å²) in [4.78, 5) is 13.3. The SMILES string of the molecule is Nc1[nH+]c2ccccc2s1.O=C(O)c1ccccc1[O-]. The van der Waals surface area contributed by atoms with Crippen LogP contribution in [-0.2, 0) is 0 Å².